The van der Waals surface area contributed by atoms with Crippen LogP contribution in [0.25, 0.3) is 0 Å². The number of hydrogen-bond acceptors (Lipinski definition) is 5. The zero-order chi connectivity index (χ0) is 15.4. The Balaban J connectivity index is 1.76. The van der Waals surface area contributed by atoms with Crippen molar-refractivity contribution < 1.29 is 0 Å². The fourth-order valence-electron chi connectivity index (χ4n) is 3.13. The lowest BCUT2D eigenvalue weighted by molar-refractivity contribution is 0.234. The van der Waals surface area contributed by atoms with Gasteiger partial charge in [-0.3, -0.25) is 9.88 Å². The molecule has 0 aromatic carbocycles. The smallest absolute Gasteiger partial charge is 0.144 e. The van der Waals surface area contributed by atoms with Gasteiger partial charge in [-0.2, -0.15) is 0 Å². The van der Waals surface area contributed by atoms with E-state index in [-0.39, 0.29) is 0 Å². The third-order valence-electron chi connectivity index (χ3n) is 4.23. The Morgan fingerprint density at radius 2 is 2.27 bits per heavy atom. The van der Waals surface area contributed by atoms with Crippen LogP contribution in [0, 0.1) is 0 Å². The van der Waals surface area contributed by atoms with Crippen molar-refractivity contribution in [2.75, 3.05) is 18.9 Å². The number of anilines is 1. The topological polar surface area (TPSA) is 58.9 Å². The second-order valence-corrected chi connectivity index (χ2v) is 5.74. The van der Waals surface area contributed by atoms with Crippen molar-refractivity contribution in [1.29, 1.82) is 0 Å². The molecule has 0 aliphatic carbocycles. The van der Waals surface area contributed by atoms with Crippen LogP contribution in [0.15, 0.2) is 24.8 Å². The third kappa shape index (κ3) is 3.11. The van der Waals surface area contributed by atoms with Crippen LogP contribution in [0.4, 0.5) is 5.82 Å². The summed E-state index contributed by atoms with van der Waals surface area (Å²) in [5.41, 5.74) is 1.05. The van der Waals surface area contributed by atoms with Crippen molar-refractivity contribution >= 4 is 5.82 Å². The molecule has 0 spiro atoms. The summed E-state index contributed by atoms with van der Waals surface area (Å²) in [6.45, 7) is 5.20. The van der Waals surface area contributed by atoms with Crippen molar-refractivity contribution in [3.63, 3.8) is 0 Å². The molecule has 1 atom stereocenters. The average Bonchev–Trinajstić information content (AvgIpc) is 3.18. The van der Waals surface area contributed by atoms with Crippen LogP contribution < -0.4 is 5.32 Å². The summed E-state index contributed by atoms with van der Waals surface area (Å²) < 4.78 is 2.26. The molecule has 2 aromatic heterocycles. The van der Waals surface area contributed by atoms with Gasteiger partial charge in [0.2, 0.25) is 0 Å². The Bertz CT molecular complexity index is 608. The molecule has 2 aromatic rings. The van der Waals surface area contributed by atoms with E-state index in [0.717, 1.165) is 49.8 Å². The van der Waals surface area contributed by atoms with Crippen LogP contribution in [0.5, 0.6) is 0 Å². The van der Waals surface area contributed by atoms with E-state index in [1.165, 1.54) is 6.42 Å². The molecule has 0 bridgehead atoms. The second-order valence-electron chi connectivity index (χ2n) is 5.74. The molecule has 6 nitrogen and oxygen atoms in total. The number of nitrogens with one attached hydrogen (secondary N) is 1. The first-order valence-corrected chi connectivity index (χ1v) is 8.05. The van der Waals surface area contributed by atoms with Crippen molar-refractivity contribution in [2.45, 2.75) is 45.3 Å². The Morgan fingerprint density at radius 3 is 3.09 bits per heavy atom. The standard InChI is InChI=1S/C16H24N6/c1-3-7-21-9-6-19-16(21)12-22-8-4-5-14(22)13-10-18-11-15(17-2)20-13/h6,9-11,14H,3-5,7-8,12H2,1-2H3,(H,17,20)/t14-/m0/s1. The second kappa shape index (κ2) is 6.87. The van der Waals surface area contributed by atoms with Crippen LogP contribution in [0.2, 0.25) is 0 Å². The fourth-order valence-corrected chi connectivity index (χ4v) is 3.13. The number of nitrogens with zero attached hydrogens (tertiary/aromatic N) is 5. The van der Waals surface area contributed by atoms with Gasteiger partial charge in [0, 0.05) is 26.0 Å². The highest BCUT2D eigenvalue weighted by Gasteiger charge is 2.28. The van der Waals surface area contributed by atoms with Gasteiger partial charge in [0.15, 0.2) is 0 Å². The van der Waals surface area contributed by atoms with Crippen molar-refractivity contribution in [3.8, 4) is 0 Å². The molecule has 0 unspecified atom stereocenters. The largest absolute Gasteiger partial charge is 0.372 e. The Morgan fingerprint density at radius 1 is 1.36 bits per heavy atom. The van der Waals surface area contributed by atoms with Gasteiger partial charge >= 0.3 is 0 Å². The third-order valence-corrected chi connectivity index (χ3v) is 4.23. The molecule has 118 valence electrons. The van der Waals surface area contributed by atoms with Gasteiger partial charge in [0.1, 0.15) is 11.6 Å². The normalized spacial score (nSPS) is 18.7. The molecule has 22 heavy (non-hydrogen) atoms. The maximum absolute atomic E-state index is 4.67. The maximum Gasteiger partial charge on any atom is 0.144 e. The Hall–Kier alpha value is -1.95. The molecule has 1 N–H and O–H groups in total. The minimum absolute atomic E-state index is 0.340. The van der Waals surface area contributed by atoms with E-state index in [1.807, 2.05) is 19.4 Å². The van der Waals surface area contributed by atoms with E-state index in [4.69, 9.17) is 0 Å². The van der Waals surface area contributed by atoms with Crippen LogP contribution in [-0.2, 0) is 13.1 Å². The van der Waals surface area contributed by atoms with E-state index >= 15 is 0 Å². The van der Waals surface area contributed by atoms with Gasteiger partial charge in [-0.15, -0.1) is 0 Å². The highest BCUT2D eigenvalue weighted by atomic mass is 15.2. The lowest BCUT2D eigenvalue weighted by Gasteiger charge is -2.24. The number of aromatic nitrogens is 4. The van der Waals surface area contributed by atoms with Crippen molar-refractivity contribution in [2.24, 2.45) is 0 Å². The number of aryl methyl sites for hydroxylation is 1. The predicted molar refractivity (Wildman–Crippen MR) is 86.5 cm³/mol. The summed E-state index contributed by atoms with van der Waals surface area (Å²) in [4.78, 5) is 16.0. The van der Waals surface area contributed by atoms with E-state index < -0.39 is 0 Å². The summed E-state index contributed by atoms with van der Waals surface area (Å²) in [6.07, 6.45) is 11.1. The highest BCUT2D eigenvalue weighted by Crippen LogP contribution is 2.32. The Labute approximate surface area is 131 Å². The molecular weight excluding hydrogens is 276 g/mol. The van der Waals surface area contributed by atoms with E-state index in [1.54, 1.807) is 6.20 Å². The van der Waals surface area contributed by atoms with Crippen molar-refractivity contribution in [1.82, 2.24) is 24.4 Å². The van der Waals surface area contributed by atoms with Gasteiger partial charge in [-0.25, -0.2) is 9.97 Å². The summed E-state index contributed by atoms with van der Waals surface area (Å²) in [7, 11) is 1.88. The zero-order valence-corrected chi connectivity index (χ0v) is 13.4. The molecule has 3 heterocycles. The molecule has 0 saturated carbocycles. The highest BCUT2D eigenvalue weighted by molar-refractivity contribution is 5.31. The van der Waals surface area contributed by atoms with Gasteiger partial charge in [0.05, 0.1) is 30.7 Å². The average molecular weight is 300 g/mol. The molecular formula is C16H24N6. The SMILES string of the molecule is CCCn1ccnc1CN1CCC[C@H]1c1cncc(NC)n1. The number of rotatable bonds is 6. The number of imidazole rings is 1. The molecule has 1 fully saturated rings. The zero-order valence-electron chi connectivity index (χ0n) is 13.4. The lowest BCUT2D eigenvalue weighted by Crippen LogP contribution is -2.25. The first kappa shape index (κ1) is 15.0. The van der Waals surface area contributed by atoms with Crippen molar-refractivity contribution in [3.05, 3.63) is 36.3 Å². The summed E-state index contributed by atoms with van der Waals surface area (Å²) >= 11 is 0. The molecule has 3 rings (SSSR count). The van der Waals surface area contributed by atoms with Crippen LogP contribution in [0.3, 0.4) is 0 Å². The first-order chi connectivity index (χ1) is 10.8. The quantitative estimate of drug-likeness (QED) is 0.888. The number of likely N-dealkylation sites (tertiary alicyclic amines) is 1. The van der Waals surface area contributed by atoms with Crippen LogP contribution in [-0.4, -0.2) is 38.0 Å². The van der Waals surface area contributed by atoms with E-state index in [9.17, 15) is 0 Å². The van der Waals surface area contributed by atoms with E-state index in [0.29, 0.717) is 6.04 Å². The predicted octanol–water partition coefficient (Wildman–Crippen LogP) is 2.46. The minimum Gasteiger partial charge on any atom is -0.372 e. The molecule has 0 radical (unpaired) electrons. The summed E-state index contributed by atoms with van der Waals surface area (Å²) in [5, 5.41) is 3.07. The summed E-state index contributed by atoms with van der Waals surface area (Å²) in [5.74, 6) is 1.98. The lowest BCUT2D eigenvalue weighted by atomic mass is 10.1. The number of hydrogen-bond donors (Lipinski definition) is 1. The Kier molecular flexibility index (Phi) is 4.68. The molecule has 1 aliphatic rings. The fraction of sp³-hybridized carbons (Fsp3) is 0.562. The van der Waals surface area contributed by atoms with Gasteiger partial charge in [-0.1, -0.05) is 6.92 Å². The van der Waals surface area contributed by atoms with E-state index in [2.05, 4.69) is 42.9 Å². The van der Waals surface area contributed by atoms with Gasteiger partial charge < -0.3 is 9.88 Å². The monoisotopic (exact) mass is 300 g/mol. The summed E-state index contributed by atoms with van der Waals surface area (Å²) in [6, 6.07) is 0.340. The molecule has 1 saturated heterocycles. The molecule has 6 heteroatoms. The van der Waals surface area contributed by atoms with Crippen LogP contribution in [0.1, 0.15) is 43.7 Å². The molecule has 1 aliphatic heterocycles. The molecule has 0 amide bonds. The first-order valence-electron chi connectivity index (χ1n) is 8.05. The maximum atomic E-state index is 4.67. The van der Waals surface area contributed by atoms with Crippen LogP contribution >= 0.6 is 0 Å². The van der Waals surface area contributed by atoms with Gasteiger partial charge in [0.25, 0.3) is 0 Å². The van der Waals surface area contributed by atoms with Gasteiger partial charge in [-0.05, 0) is 25.8 Å². The minimum atomic E-state index is 0.340.